The third kappa shape index (κ3) is 12.3. The van der Waals surface area contributed by atoms with E-state index < -0.39 is 0 Å². The van der Waals surface area contributed by atoms with Gasteiger partial charge in [-0.3, -0.25) is 0 Å². The highest BCUT2D eigenvalue weighted by atomic mass is 79.9. The number of hydrogen-bond acceptors (Lipinski definition) is 0. The van der Waals surface area contributed by atoms with Gasteiger partial charge in [-0.2, -0.15) is 0 Å². The number of rotatable bonds is 17. The summed E-state index contributed by atoms with van der Waals surface area (Å²) in [7, 11) is 4.74. The van der Waals surface area contributed by atoms with Gasteiger partial charge in [-0.25, -0.2) is 0 Å². The van der Waals surface area contributed by atoms with Crippen LogP contribution in [0.5, 0.6) is 0 Å². The van der Waals surface area contributed by atoms with Gasteiger partial charge in [-0.05, 0) is 84.5 Å². The van der Waals surface area contributed by atoms with Gasteiger partial charge in [-0.15, -0.1) is 0 Å². The first kappa shape index (κ1) is 36.3. The Morgan fingerprint density at radius 1 is 0.682 bits per heavy atom. The summed E-state index contributed by atoms with van der Waals surface area (Å²) in [5.41, 5.74) is 8.86. The normalized spacial score (nSPS) is 14.6. The standard InChI is InChI=1S/C42H61BrN/c1-9-11-12-13-14-27-44(7,8)32-35-19-25-39(26-20-35)41(30-42(4,5)6)29-40(38-23-17-34(31-43)18-24-38)28-36(10-2)37-21-15-33(3)16-22-37/h12-13,15-26,36,40-41H,9-11,14,27-32H2,1-8H3/q+1/b13-12+. The molecule has 0 bridgehead atoms. The van der Waals surface area contributed by atoms with Gasteiger partial charge in [0.2, 0.25) is 0 Å². The van der Waals surface area contributed by atoms with E-state index in [1.807, 2.05) is 0 Å². The highest BCUT2D eigenvalue weighted by Crippen LogP contribution is 2.43. The maximum Gasteiger partial charge on any atom is 0.104 e. The van der Waals surface area contributed by atoms with E-state index >= 15 is 0 Å². The third-order valence-corrected chi connectivity index (χ3v) is 9.88. The fourth-order valence-corrected chi connectivity index (χ4v) is 7.06. The minimum Gasteiger partial charge on any atom is -0.324 e. The molecule has 2 heteroatoms. The Labute approximate surface area is 279 Å². The molecule has 0 N–H and O–H groups in total. The van der Waals surface area contributed by atoms with Crippen LogP contribution in [-0.2, 0) is 11.9 Å². The Kier molecular flexibility index (Phi) is 14.5. The molecule has 0 saturated carbocycles. The maximum atomic E-state index is 3.65. The number of quaternary nitrogens is 1. The molecule has 3 atom stereocenters. The molecule has 44 heavy (non-hydrogen) atoms. The molecule has 1 nitrogen and oxygen atoms in total. The maximum absolute atomic E-state index is 3.65. The molecule has 0 aliphatic rings. The second-order valence-corrected chi connectivity index (χ2v) is 15.7. The first-order valence-corrected chi connectivity index (χ1v) is 18.3. The lowest BCUT2D eigenvalue weighted by Crippen LogP contribution is -2.39. The zero-order valence-electron chi connectivity index (χ0n) is 29.2. The molecule has 0 spiro atoms. The first-order chi connectivity index (χ1) is 20.9. The van der Waals surface area contributed by atoms with Gasteiger partial charge in [0.15, 0.2) is 0 Å². The number of unbranched alkanes of at least 4 members (excludes halogenated alkanes) is 1. The molecule has 0 aliphatic heterocycles. The van der Waals surface area contributed by atoms with Crippen LogP contribution in [0.1, 0.15) is 131 Å². The van der Waals surface area contributed by atoms with Gasteiger partial charge in [0.05, 0.1) is 20.6 Å². The number of halogens is 1. The van der Waals surface area contributed by atoms with Crippen molar-refractivity contribution in [3.63, 3.8) is 0 Å². The molecule has 3 rings (SSSR count). The van der Waals surface area contributed by atoms with Gasteiger partial charge in [0.1, 0.15) is 6.54 Å². The van der Waals surface area contributed by atoms with Crippen molar-refractivity contribution < 1.29 is 4.48 Å². The minimum atomic E-state index is 0.263. The molecule has 0 amide bonds. The molecule has 0 radical (unpaired) electrons. The van der Waals surface area contributed by atoms with E-state index in [0.29, 0.717) is 17.8 Å². The summed E-state index contributed by atoms with van der Waals surface area (Å²) in [5, 5.41) is 0.906. The smallest absolute Gasteiger partial charge is 0.104 e. The van der Waals surface area contributed by atoms with Crippen molar-refractivity contribution in [3.05, 3.63) is 118 Å². The summed E-state index contributed by atoms with van der Waals surface area (Å²) in [6, 6.07) is 28.5. The number of alkyl halides is 1. The SMILES string of the molecule is CCC/C=C/CC[N+](C)(C)Cc1ccc(C(CC(CC(CC)c2ccc(C)cc2)c2ccc(CBr)cc2)CC(C)(C)C)cc1. The number of aryl methyl sites for hydroxylation is 1. The fourth-order valence-electron chi connectivity index (χ4n) is 6.68. The molecule has 0 heterocycles. The molecule has 0 aliphatic carbocycles. The monoisotopic (exact) mass is 658 g/mol. The third-order valence-electron chi connectivity index (χ3n) is 9.23. The fraction of sp³-hybridized carbons (Fsp3) is 0.524. The van der Waals surface area contributed by atoms with Gasteiger partial charge >= 0.3 is 0 Å². The molecule has 0 aromatic heterocycles. The first-order valence-electron chi connectivity index (χ1n) is 17.2. The van der Waals surface area contributed by atoms with Crippen LogP contribution in [0, 0.1) is 12.3 Å². The van der Waals surface area contributed by atoms with Crippen LogP contribution in [0.3, 0.4) is 0 Å². The summed E-state index contributed by atoms with van der Waals surface area (Å²) >= 11 is 3.65. The molecular formula is C42H61BrN+. The Morgan fingerprint density at radius 2 is 1.18 bits per heavy atom. The summed E-state index contributed by atoms with van der Waals surface area (Å²) in [4.78, 5) is 0. The van der Waals surface area contributed by atoms with Gasteiger partial charge in [0.25, 0.3) is 0 Å². The Morgan fingerprint density at radius 3 is 1.73 bits per heavy atom. The molecule has 0 fully saturated rings. The van der Waals surface area contributed by atoms with Crippen LogP contribution in [0.25, 0.3) is 0 Å². The van der Waals surface area contributed by atoms with Crippen LogP contribution >= 0.6 is 15.9 Å². The second-order valence-electron chi connectivity index (χ2n) is 15.1. The van der Waals surface area contributed by atoms with Crippen molar-refractivity contribution in [2.24, 2.45) is 5.41 Å². The van der Waals surface area contributed by atoms with Crippen molar-refractivity contribution in [2.75, 3.05) is 20.6 Å². The number of allylic oxidation sites excluding steroid dienone is 1. The van der Waals surface area contributed by atoms with E-state index in [9.17, 15) is 0 Å². The van der Waals surface area contributed by atoms with Crippen LogP contribution in [0.15, 0.2) is 84.9 Å². The second kappa shape index (κ2) is 17.5. The lowest BCUT2D eigenvalue weighted by molar-refractivity contribution is -0.903. The van der Waals surface area contributed by atoms with Crippen LogP contribution < -0.4 is 0 Å². The van der Waals surface area contributed by atoms with E-state index in [0.717, 1.165) is 22.8 Å². The largest absolute Gasteiger partial charge is 0.324 e. The van der Waals surface area contributed by atoms with Gasteiger partial charge in [-0.1, -0.05) is 147 Å². The number of hydrogen-bond donors (Lipinski definition) is 0. The topological polar surface area (TPSA) is 0 Å². The summed E-state index contributed by atoms with van der Waals surface area (Å²) in [5.74, 6) is 1.59. The minimum absolute atomic E-state index is 0.263. The Hall–Kier alpha value is -2.16. The van der Waals surface area contributed by atoms with Crippen molar-refractivity contribution in [2.45, 2.75) is 116 Å². The van der Waals surface area contributed by atoms with Crippen LogP contribution in [-0.4, -0.2) is 25.1 Å². The zero-order valence-corrected chi connectivity index (χ0v) is 30.8. The van der Waals surface area contributed by atoms with Gasteiger partial charge < -0.3 is 4.48 Å². The summed E-state index contributed by atoms with van der Waals surface area (Å²) in [6.45, 7) is 16.3. The van der Waals surface area contributed by atoms with Crippen molar-refractivity contribution in [1.29, 1.82) is 0 Å². The average molecular weight is 660 g/mol. The summed E-state index contributed by atoms with van der Waals surface area (Å²) in [6.07, 6.45) is 13.0. The number of benzene rings is 3. The molecule has 3 aromatic carbocycles. The average Bonchev–Trinajstić information content (AvgIpc) is 2.99. The number of nitrogens with zero attached hydrogens (tertiary/aromatic N) is 1. The van der Waals surface area contributed by atoms with Crippen molar-refractivity contribution in [1.82, 2.24) is 0 Å². The molecule has 240 valence electrons. The van der Waals surface area contributed by atoms with E-state index in [2.05, 4.69) is 157 Å². The Balaban J connectivity index is 1.86. The van der Waals surface area contributed by atoms with E-state index in [-0.39, 0.29) is 5.41 Å². The molecule has 0 saturated heterocycles. The highest BCUT2D eigenvalue weighted by molar-refractivity contribution is 9.08. The van der Waals surface area contributed by atoms with E-state index in [1.165, 1.54) is 78.5 Å². The molecule has 3 unspecified atom stereocenters. The Bertz CT molecular complexity index is 1250. The lowest BCUT2D eigenvalue weighted by Gasteiger charge is -2.32. The molecular weight excluding hydrogens is 598 g/mol. The lowest BCUT2D eigenvalue weighted by atomic mass is 9.73. The van der Waals surface area contributed by atoms with Crippen LogP contribution in [0.2, 0.25) is 0 Å². The quantitative estimate of drug-likeness (QED) is 0.0769. The highest BCUT2D eigenvalue weighted by Gasteiger charge is 2.27. The van der Waals surface area contributed by atoms with E-state index in [1.54, 1.807) is 0 Å². The molecule has 3 aromatic rings. The predicted molar refractivity (Wildman–Crippen MR) is 198 cm³/mol. The van der Waals surface area contributed by atoms with Gasteiger partial charge in [0, 0.05) is 17.3 Å². The zero-order chi connectivity index (χ0) is 32.2. The van der Waals surface area contributed by atoms with Crippen molar-refractivity contribution >= 4 is 15.9 Å². The van der Waals surface area contributed by atoms with Crippen molar-refractivity contribution in [3.8, 4) is 0 Å². The summed E-state index contributed by atoms with van der Waals surface area (Å²) < 4.78 is 1.02. The predicted octanol–water partition coefficient (Wildman–Crippen LogP) is 12.5. The van der Waals surface area contributed by atoms with E-state index in [4.69, 9.17) is 0 Å². The van der Waals surface area contributed by atoms with Crippen LogP contribution in [0.4, 0.5) is 0 Å².